The van der Waals surface area contributed by atoms with Crippen LogP contribution in [0.2, 0.25) is 5.28 Å². The number of amides is 1. The summed E-state index contributed by atoms with van der Waals surface area (Å²) in [5.41, 5.74) is 3.07. The zero-order valence-electron chi connectivity index (χ0n) is 14.9. The summed E-state index contributed by atoms with van der Waals surface area (Å²) < 4.78 is 11.0. The van der Waals surface area contributed by atoms with Gasteiger partial charge in [0.2, 0.25) is 5.28 Å². The molecule has 7 nitrogen and oxygen atoms in total. The van der Waals surface area contributed by atoms with E-state index in [2.05, 4.69) is 16.0 Å². The first kappa shape index (κ1) is 16.8. The van der Waals surface area contributed by atoms with Crippen molar-refractivity contribution in [2.75, 3.05) is 36.7 Å². The summed E-state index contributed by atoms with van der Waals surface area (Å²) in [4.78, 5) is 25.9. The molecule has 1 aromatic carbocycles. The van der Waals surface area contributed by atoms with Crippen molar-refractivity contribution < 1.29 is 14.3 Å². The van der Waals surface area contributed by atoms with Crippen molar-refractivity contribution in [1.82, 2.24) is 9.97 Å². The Hall–Kier alpha value is -2.38. The molecule has 140 valence electrons. The van der Waals surface area contributed by atoms with Gasteiger partial charge in [-0.3, -0.25) is 9.69 Å². The molecular weight excluding hydrogens is 368 g/mol. The van der Waals surface area contributed by atoms with Crippen molar-refractivity contribution in [2.45, 2.75) is 24.9 Å². The van der Waals surface area contributed by atoms with Crippen LogP contribution in [-0.2, 0) is 16.0 Å². The van der Waals surface area contributed by atoms with Crippen LogP contribution in [0.1, 0.15) is 23.6 Å². The Morgan fingerprint density at radius 2 is 2.22 bits per heavy atom. The average Bonchev–Trinajstić information content (AvgIpc) is 3.11. The molecule has 0 radical (unpaired) electrons. The Labute approximate surface area is 161 Å². The van der Waals surface area contributed by atoms with Gasteiger partial charge in [0.1, 0.15) is 17.5 Å². The summed E-state index contributed by atoms with van der Waals surface area (Å²) in [7, 11) is 1.65. The van der Waals surface area contributed by atoms with Crippen molar-refractivity contribution in [3.63, 3.8) is 0 Å². The number of hydrogen-bond acceptors (Lipinski definition) is 6. The van der Waals surface area contributed by atoms with Gasteiger partial charge in [-0.25, -0.2) is 4.98 Å². The molecule has 1 saturated heterocycles. The molecule has 1 fully saturated rings. The second-order valence-corrected chi connectivity index (χ2v) is 7.30. The molecule has 2 aliphatic heterocycles. The van der Waals surface area contributed by atoms with Crippen LogP contribution < -0.4 is 14.5 Å². The third kappa shape index (κ3) is 2.56. The SMILES string of the molecule is COc1ccc2c(c1)C(N1C(=O)C3COCCN3c3nc(Cl)ncc31)CC2. The van der Waals surface area contributed by atoms with Crippen molar-refractivity contribution >= 4 is 29.0 Å². The molecule has 0 spiro atoms. The summed E-state index contributed by atoms with van der Waals surface area (Å²) in [6.45, 7) is 1.53. The number of rotatable bonds is 2. The van der Waals surface area contributed by atoms with Crippen LogP contribution in [0.4, 0.5) is 11.5 Å². The van der Waals surface area contributed by atoms with E-state index in [1.165, 1.54) is 5.56 Å². The third-order valence-electron chi connectivity index (χ3n) is 5.61. The molecule has 27 heavy (non-hydrogen) atoms. The Morgan fingerprint density at radius 1 is 1.33 bits per heavy atom. The van der Waals surface area contributed by atoms with Crippen LogP contribution in [0.5, 0.6) is 5.75 Å². The summed E-state index contributed by atoms with van der Waals surface area (Å²) >= 11 is 6.07. The maximum absolute atomic E-state index is 13.4. The van der Waals surface area contributed by atoms with Crippen molar-refractivity contribution in [2.24, 2.45) is 0 Å². The average molecular weight is 387 g/mol. The first-order valence-electron chi connectivity index (χ1n) is 9.04. The zero-order valence-corrected chi connectivity index (χ0v) is 15.6. The second kappa shape index (κ2) is 6.35. The lowest BCUT2D eigenvalue weighted by Crippen LogP contribution is -2.59. The summed E-state index contributed by atoms with van der Waals surface area (Å²) in [6.07, 6.45) is 3.43. The zero-order chi connectivity index (χ0) is 18.5. The number of halogens is 1. The largest absolute Gasteiger partial charge is 0.497 e. The smallest absolute Gasteiger partial charge is 0.252 e. The van der Waals surface area contributed by atoms with E-state index in [0.717, 1.165) is 24.2 Å². The quantitative estimate of drug-likeness (QED) is 0.738. The molecule has 1 amide bonds. The van der Waals surface area contributed by atoms with E-state index >= 15 is 0 Å². The second-order valence-electron chi connectivity index (χ2n) is 6.96. The first-order valence-corrected chi connectivity index (χ1v) is 9.42. The monoisotopic (exact) mass is 386 g/mol. The van der Waals surface area contributed by atoms with Crippen LogP contribution in [0.3, 0.4) is 0 Å². The van der Waals surface area contributed by atoms with E-state index < -0.39 is 0 Å². The highest BCUT2D eigenvalue weighted by atomic mass is 35.5. The molecule has 5 rings (SSSR count). The number of anilines is 2. The highest BCUT2D eigenvalue weighted by Crippen LogP contribution is 2.45. The van der Waals surface area contributed by atoms with Crippen molar-refractivity contribution in [3.05, 3.63) is 40.8 Å². The molecule has 2 unspecified atom stereocenters. The third-order valence-corrected chi connectivity index (χ3v) is 5.80. The summed E-state index contributed by atoms with van der Waals surface area (Å²) in [5.74, 6) is 1.52. The molecule has 2 atom stereocenters. The van der Waals surface area contributed by atoms with Gasteiger partial charge in [-0.2, -0.15) is 4.98 Å². The number of ether oxygens (including phenoxy) is 2. The Balaban J connectivity index is 1.64. The Morgan fingerprint density at radius 3 is 3.07 bits per heavy atom. The van der Waals surface area contributed by atoms with Gasteiger partial charge in [0.25, 0.3) is 5.91 Å². The Kier molecular flexibility index (Phi) is 3.94. The van der Waals surface area contributed by atoms with Gasteiger partial charge in [-0.05, 0) is 47.7 Å². The standard InChI is InChI=1S/C19H19ClN4O3/c1-26-12-4-2-11-3-5-14(13(11)8-12)24-15-9-21-19(20)22-17(15)23-6-7-27-10-16(23)18(24)25/h2,4,8-9,14,16H,3,5-7,10H2,1H3. The van der Waals surface area contributed by atoms with Crippen molar-refractivity contribution in [1.29, 1.82) is 0 Å². The number of nitrogens with zero attached hydrogens (tertiary/aromatic N) is 4. The normalized spacial score (nSPS) is 23.7. The molecule has 1 aliphatic carbocycles. The highest BCUT2D eigenvalue weighted by Gasteiger charge is 2.45. The number of hydrogen-bond donors (Lipinski definition) is 0. The predicted octanol–water partition coefficient (Wildman–Crippen LogP) is 2.38. The van der Waals surface area contributed by atoms with E-state index in [4.69, 9.17) is 21.1 Å². The lowest BCUT2D eigenvalue weighted by atomic mass is 10.0. The van der Waals surface area contributed by atoms with E-state index in [9.17, 15) is 4.79 Å². The van der Waals surface area contributed by atoms with E-state index in [1.807, 2.05) is 21.9 Å². The molecule has 0 N–H and O–H groups in total. The molecule has 3 heterocycles. The minimum absolute atomic E-state index is 0.0220. The fourth-order valence-corrected chi connectivity index (χ4v) is 4.47. The molecule has 2 aromatic rings. The van der Waals surface area contributed by atoms with E-state index in [-0.39, 0.29) is 23.3 Å². The number of carbonyl (C=O) groups is 1. The van der Waals surface area contributed by atoms with Crippen molar-refractivity contribution in [3.8, 4) is 5.75 Å². The van der Waals surface area contributed by atoms with Gasteiger partial charge in [0.05, 0.1) is 32.6 Å². The lowest BCUT2D eigenvalue weighted by molar-refractivity contribution is -0.123. The van der Waals surface area contributed by atoms with Gasteiger partial charge in [0.15, 0.2) is 5.82 Å². The molecular formula is C19H19ClN4O3. The number of morpholine rings is 1. The van der Waals surface area contributed by atoms with E-state index in [0.29, 0.717) is 31.3 Å². The van der Waals surface area contributed by atoms with Crippen LogP contribution in [0.25, 0.3) is 0 Å². The maximum Gasteiger partial charge on any atom is 0.252 e. The van der Waals surface area contributed by atoms with Gasteiger partial charge < -0.3 is 14.4 Å². The minimum Gasteiger partial charge on any atom is -0.497 e. The number of carbonyl (C=O) groups excluding carboxylic acids is 1. The number of fused-ring (bicyclic) bond motifs is 4. The fraction of sp³-hybridized carbons (Fsp3) is 0.421. The fourth-order valence-electron chi connectivity index (χ4n) is 4.34. The first-order chi connectivity index (χ1) is 13.2. The van der Waals surface area contributed by atoms with Gasteiger partial charge >= 0.3 is 0 Å². The topological polar surface area (TPSA) is 67.8 Å². The predicted molar refractivity (Wildman–Crippen MR) is 101 cm³/mol. The molecule has 1 aromatic heterocycles. The van der Waals surface area contributed by atoms with Gasteiger partial charge in [-0.15, -0.1) is 0 Å². The number of benzene rings is 1. The van der Waals surface area contributed by atoms with Crippen LogP contribution in [-0.4, -0.2) is 48.8 Å². The molecule has 3 aliphatic rings. The number of aromatic nitrogens is 2. The maximum atomic E-state index is 13.4. The molecule has 8 heteroatoms. The van der Waals surface area contributed by atoms with Crippen LogP contribution in [0, 0.1) is 0 Å². The highest BCUT2D eigenvalue weighted by molar-refractivity contribution is 6.28. The van der Waals surface area contributed by atoms with Crippen LogP contribution >= 0.6 is 11.6 Å². The van der Waals surface area contributed by atoms with E-state index in [1.54, 1.807) is 13.3 Å². The Bertz CT molecular complexity index is 922. The van der Waals surface area contributed by atoms with Gasteiger partial charge in [-0.1, -0.05) is 6.07 Å². The van der Waals surface area contributed by atoms with Crippen LogP contribution in [0.15, 0.2) is 24.4 Å². The summed E-state index contributed by atoms with van der Waals surface area (Å²) in [6, 6.07) is 5.62. The molecule has 0 bridgehead atoms. The number of methoxy groups -OCH3 is 1. The molecule has 0 saturated carbocycles. The summed E-state index contributed by atoms with van der Waals surface area (Å²) in [5, 5.41) is 0.182. The number of aryl methyl sites for hydroxylation is 1. The minimum atomic E-state index is -0.383. The van der Waals surface area contributed by atoms with Gasteiger partial charge in [0, 0.05) is 6.54 Å². The lowest BCUT2D eigenvalue weighted by Gasteiger charge is -2.45.